The number of para-hydroxylation sites is 1. The highest BCUT2D eigenvalue weighted by molar-refractivity contribution is 6.30. The number of carbonyl (C=O) groups excluding carboxylic acids is 3. The van der Waals surface area contributed by atoms with Gasteiger partial charge in [-0.15, -0.1) is 0 Å². The molecule has 2 heterocycles. The van der Waals surface area contributed by atoms with Crippen molar-refractivity contribution in [3.63, 3.8) is 0 Å². The maximum absolute atomic E-state index is 14.6. The van der Waals surface area contributed by atoms with Crippen molar-refractivity contribution in [2.24, 2.45) is 5.73 Å². The van der Waals surface area contributed by atoms with Gasteiger partial charge in [-0.1, -0.05) is 41.9 Å². The molecule has 2 aromatic carbocycles. The first kappa shape index (κ1) is 22.7. The predicted molar refractivity (Wildman–Crippen MR) is 121 cm³/mol. The molecule has 3 amide bonds. The quantitative estimate of drug-likeness (QED) is 0.569. The van der Waals surface area contributed by atoms with E-state index in [-0.39, 0.29) is 36.4 Å². The van der Waals surface area contributed by atoms with E-state index >= 15 is 0 Å². The molecule has 0 bridgehead atoms. The number of alkyl halides is 1. The topological polar surface area (TPSA) is 97.4 Å². The van der Waals surface area contributed by atoms with Crippen molar-refractivity contribution in [3.05, 3.63) is 65.1 Å². The SMILES string of the molecule is NC(=O)n1cc(NC(=O)N2CC[C@H](F)[C@H]2C(=O)CCc2cccc(Cl)c2F)c2ccccc21. The van der Waals surface area contributed by atoms with E-state index in [1.165, 1.54) is 22.9 Å². The molecule has 1 aromatic heterocycles. The number of Topliss-reactive ketones (excluding diaryl/α,β-unsaturated/α-hetero) is 1. The number of anilines is 1. The molecule has 0 unspecified atom stereocenters. The fourth-order valence-corrected chi connectivity index (χ4v) is 4.35. The number of likely N-dealkylation sites (tertiary alicyclic amines) is 1. The summed E-state index contributed by atoms with van der Waals surface area (Å²) >= 11 is 5.77. The monoisotopic (exact) mass is 474 g/mol. The number of primary amides is 1. The van der Waals surface area contributed by atoms with Crippen LogP contribution in [0.25, 0.3) is 10.9 Å². The highest BCUT2D eigenvalue weighted by atomic mass is 35.5. The molecule has 0 spiro atoms. The highest BCUT2D eigenvalue weighted by Crippen LogP contribution is 2.29. The summed E-state index contributed by atoms with van der Waals surface area (Å²) in [5.74, 6) is -1.12. The molecule has 3 N–H and O–H groups in total. The number of carbonyl (C=O) groups is 3. The maximum Gasteiger partial charge on any atom is 0.323 e. The lowest BCUT2D eigenvalue weighted by molar-refractivity contribution is -0.123. The molecule has 7 nitrogen and oxygen atoms in total. The Kier molecular flexibility index (Phi) is 6.33. The zero-order chi connectivity index (χ0) is 23.7. The number of aryl methyl sites for hydroxylation is 1. The molecule has 33 heavy (non-hydrogen) atoms. The summed E-state index contributed by atoms with van der Waals surface area (Å²) in [5.41, 5.74) is 6.46. The molecular formula is C23H21ClF2N4O3. The van der Waals surface area contributed by atoms with Crippen LogP contribution in [0.5, 0.6) is 0 Å². The minimum atomic E-state index is -1.53. The smallest absolute Gasteiger partial charge is 0.323 e. The molecule has 1 aliphatic heterocycles. The average molecular weight is 475 g/mol. The zero-order valence-electron chi connectivity index (χ0n) is 17.4. The molecule has 1 saturated heterocycles. The lowest BCUT2D eigenvalue weighted by Gasteiger charge is -2.24. The molecule has 0 aliphatic carbocycles. The number of benzene rings is 2. The number of urea groups is 1. The van der Waals surface area contributed by atoms with Crippen LogP contribution in [0.1, 0.15) is 18.4 Å². The van der Waals surface area contributed by atoms with Crippen LogP contribution in [-0.4, -0.2) is 46.1 Å². The summed E-state index contributed by atoms with van der Waals surface area (Å²) in [6, 6.07) is 8.63. The molecule has 2 atom stereocenters. The van der Waals surface area contributed by atoms with Crippen molar-refractivity contribution in [2.75, 3.05) is 11.9 Å². The predicted octanol–water partition coefficient (Wildman–Crippen LogP) is 4.51. The van der Waals surface area contributed by atoms with Crippen LogP contribution >= 0.6 is 11.6 Å². The second-order valence-electron chi connectivity index (χ2n) is 7.82. The van der Waals surface area contributed by atoms with Crippen molar-refractivity contribution in [1.82, 2.24) is 9.47 Å². The first-order valence-electron chi connectivity index (χ1n) is 10.3. The van der Waals surface area contributed by atoms with Crippen LogP contribution in [0.15, 0.2) is 48.7 Å². The molecular weight excluding hydrogens is 454 g/mol. The largest absolute Gasteiger partial charge is 0.351 e. The van der Waals surface area contributed by atoms with Gasteiger partial charge in [-0.2, -0.15) is 0 Å². The Morgan fingerprint density at radius 1 is 1.15 bits per heavy atom. The molecule has 0 radical (unpaired) electrons. The number of nitrogens with zero attached hydrogens (tertiary/aromatic N) is 2. The van der Waals surface area contributed by atoms with E-state index < -0.39 is 35.9 Å². The van der Waals surface area contributed by atoms with Crippen molar-refractivity contribution in [3.8, 4) is 0 Å². The molecule has 3 aromatic rings. The third kappa shape index (κ3) is 4.41. The van der Waals surface area contributed by atoms with E-state index in [4.69, 9.17) is 17.3 Å². The second-order valence-corrected chi connectivity index (χ2v) is 8.23. The van der Waals surface area contributed by atoms with Crippen LogP contribution in [0.3, 0.4) is 0 Å². The summed E-state index contributed by atoms with van der Waals surface area (Å²) in [4.78, 5) is 38.6. The number of halogens is 3. The summed E-state index contributed by atoms with van der Waals surface area (Å²) < 4.78 is 29.9. The van der Waals surface area contributed by atoms with Crippen molar-refractivity contribution in [2.45, 2.75) is 31.5 Å². The van der Waals surface area contributed by atoms with Gasteiger partial charge in [0.25, 0.3) is 0 Å². The zero-order valence-corrected chi connectivity index (χ0v) is 18.2. The number of ketones is 1. The normalized spacial score (nSPS) is 18.0. The molecule has 0 saturated carbocycles. The van der Waals surface area contributed by atoms with E-state index in [2.05, 4.69) is 5.32 Å². The average Bonchev–Trinajstić information content (AvgIpc) is 3.35. The van der Waals surface area contributed by atoms with Gasteiger partial charge in [0.05, 0.1) is 16.2 Å². The molecule has 4 rings (SSSR count). The molecule has 172 valence electrons. The molecule has 1 aliphatic rings. The van der Waals surface area contributed by atoms with Gasteiger partial charge in [-0.25, -0.2) is 18.4 Å². The Labute approximate surface area is 193 Å². The number of hydrogen-bond acceptors (Lipinski definition) is 3. The van der Waals surface area contributed by atoms with Crippen molar-refractivity contribution < 1.29 is 23.2 Å². The number of nitrogens with two attached hydrogens (primary N) is 1. The summed E-state index contributed by atoms with van der Waals surface area (Å²) in [7, 11) is 0. The van der Waals surface area contributed by atoms with Crippen LogP contribution in [0.2, 0.25) is 5.02 Å². The summed E-state index contributed by atoms with van der Waals surface area (Å²) in [6.07, 6.45) is -0.242. The Morgan fingerprint density at radius 2 is 1.91 bits per heavy atom. The maximum atomic E-state index is 14.6. The number of fused-ring (bicyclic) bond motifs is 1. The molecule has 10 heteroatoms. The summed E-state index contributed by atoms with van der Waals surface area (Å²) in [6.45, 7) is 0.0450. The van der Waals surface area contributed by atoms with Gasteiger partial charge in [0.1, 0.15) is 18.0 Å². The van der Waals surface area contributed by atoms with Crippen LogP contribution in [-0.2, 0) is 11.2 Å². The number of aromatic nitrogens is 1. The van der Waals surface area contributed by atoms with Gasteiger partial charge >= 0.3 is 12.1 Å². The first-order valence-corrected chi connectivity index (χ1v) is 10.7. The van der Waals surface area contributed by atoms with Gasteiger partial charge < -0.3 is 16.0 Å². The van der Waals surface area contributed by atoms with Gasteiger partial charge in [0, 0.05) is 24.5 Å². The van der Waals surface area contributed by atoms with Crippen LogP contribution in [0.4, 0.5) is 24.1 Å². The number of amides is 3. The van der Waals surface area contributed by atoms with Crippen LogP contribution in [0, 0.1) is 5.82 Å². The van der Waals surface area contributed by atoms with E-state index in [9.17, 15) is 23.2 Å². The van der Waals surface area contributed by atoms with Crippen molar-refractivity contribution in [1.29, 1.82) is 0 Å². The van der Waals surface area contributed by atoms with Gasteiger partial charge in [0.2, 0.25) is 0 Å². The van der Waals surface area contributed by atoms with E-state index in [0.717, 1.165) is 4.90 Å². The standard InChI is InChI=1S/C23H21ClF2N4O3/c24-15-6-3-4-13(20(15)26)8-9-19(31)21-16(25)10-11-29(21)23(33)28-17-12-30(22(27)32)18-7-2-1-5-14(17)18/h1-7,12,16,21H,8-11H2,(H2,27,32)(H,28,33)/t16-,21-/m0/s1. The van der Waals surface area contributed by atoms with E-state index in [1.807, 2.05) is 0 Å². The second kappa shape index (κ2) is 9.19. The fourth-order valence-electron chi connectivity index (χ4n) is 4.15. The number of nitrogens with one attached hydrogen (secondary N) is 1. The van der Waals surface area contributed by atoms with E-state index in [0.29, 0.717) is 16.6 Å². The Morgan fingerprint density at radius 3 is 2.67 bits per heavy atom. The Balaban J connectivity index is 1.51. The minimum Gasteiger partial charge on any atom is -0.351 e. The fraction of sp³-hybridized carbons (Fsp3) is 0.261. The lowest BCUT2D eigenvalue weighted by Crippen LogP contribution is -2.46. The number of rotatable bonds is 5. The van der Waals surface area contributed by atoms with Gasteiger partial charge in [-0.3, -0.25) is 9.36 Å². The van der Waals surface area contributed by atoms with E-state index in [1.54, 1.807) is 30.3 Å². The Hall–Kier alpha value is -3.46. The lowest BCUT2D eigenvalue weighted by atomic mass is 10.0. The molecule has 1 fully saturated rings. The number of hydrogen-bond donors (Lipinski definition) is 2. The van der Waals surface area contributed by atoms with Gasteiger partial charge in [-0.05, 0) is 30.5 Å². The third-order valence-corrected chi connectivity index (χ3v) is 6.07. The third-order valence-electron chi connectivity index (χ3n) is 5.78. The summed E-state index contributed by atoms with van der Waals surface area (Å²) in [5, 5.41) is 3.17. The van der Waals surface area contributed by atoms with Crippen LogP contribution < -0.4 is 11.1 Å². The highest BCUT2D eigenvalue weighted by Gasteiger charge is 2.42. The van der Waals surface area contributed by atoms with Crippen molar-refractivity contribution >= 4 is 46.0 Å². The first-order chi connectivity index (χ1) is 15.8. The van der Waals surface area contributed by atoms with Gasteiger partial charge in [0.15, 0.2) is 5.78 Å². The Bertz CT molecular complexity index is 1250. The minimum absolute atomic E-state index is 0.0123.